The third kappa shape index (κ3) is 6.96. The van der Waals surface area contributed by atoms with Gasteiger partial charge in [0.2, 0.25) is 0 Å². The van der Waals surface area contributed by atoms with Crippen molar-refractivity contribution in [2.24, 2.45) is 0 Å². The fourth-order valence-corrected chi connectivity index (χ4v) is 7.84. The van der Waals surface area contributed by atoms with Crippen LogP contribution in [0.2, 0.25) is 0 Å². The molecule has 8 rings (SSSR count). The maximum Gasteiger partial charge on any atom is 0.410 e. The number of hydrogen-bond acceptors (Lipinski definition) is 6. The fourth-order valence-electron chi connectivity index (χ4n) is 7.84. The number of benzene rings is 4. The van der Waals surface area contributed by atoms with E-state index in [2.05, 4.69) is 51.4 Å². The molecule has 2 saturated heterocycles. The molecule has 10 heteroatoms. The first-order valence-corrected chi connectivity index (χ1v) is 18.8. The summed E-state index contributed by atoms with van der Waals surface area (Å²) in [6, 6.07) is 27.8. The minimum atomic E-state index is -0.557. The van der Waals surface area contributed by atoms with Gasteiger partial charge in [0.1, 0.15) is 18.0 Å². The van der Waals surface area contributed by atoms with Gasteiger partial charge in [0, 0.05) is 35.3 Å². The SMILES string of the molecule is Cc1c(C2CCCN2C(=O)OCc2ccccc2)[nH]c2cc(-c3ccc4cc(-c5cnc([C@@H]6CCCN6C(=O)OC(C)(C)C)[nH]5)ccc4c3)ccc2c1=O. The highest BCUT2D eigenvalue weighted by molar-refractivity contribution is 5.92. The molecule has 2 aliphatic heterocycles. The molecule has 276 valence electrons. The number of nitrogens with one attached hydrogen (secondary N) is 2. The molecule has 54 heavy (non-hydrogen) atoms. The first-order chi connectivity index (χ1) is 26.0. The fraction of sp³-hybridized carbons (Fsp3) is 0.318. The first kappa shape index (κ1) is 35.1. The molecule has 0 saturated carbocycles. The number of imidazole rings is 1. The zero-order chi connectivity index (χ0) is 37.6. The second-order valence-electron chi connectivity index (χ2n) is 15.4. The second kappa shape index (κ2) is 14.2. The van der Waals surface area contributed by atoms with E-state index >= 15 is 0 Å². The van der Waals surface area contributed by atoms with E-state index in [-0.39, 0.29) is 36.3 Å². The summed E-state index contributed by atoms with van der Waals surface area (Å²) in [5.41, 5.74) is 6.36. The highest BCUT2D eigenvalue weighted by atomic mass is 16.6. The van der Waals surface area contributed by atoms with Crippen LogP contribution in [0.3, 0.4) is 0 Å². The normalized spacial score (nSPS) is 17.4. The highest BCUT2D eigenvalue weighted by Crippen LogP contribution is 2.36. The topological polar surface area (TPSA) is 121 Å². The van der Waals surface area contributed by atoms with Gasteiger partial charge >= 0.3 is 12.2 Å². The van der Waals surface area contributed by atoms with Crippen LogP contribution in [0, 0.1) is 6.92 Å². The molecule has 0 spiro atoms. The van der Waals surface area contributed by atoms with Crippen LogP contribution in [0.1, 0.15) is 81.2 Å². The number of carbonyl (C=O) groups is 2. The average molecular weight is 724 g/mol. The molecule has 6 aromatic rings. The summed E-state index contributed by atoms with van der Waals surface area (Å²) in [6.07, 6.45) is 4.46. The lowest BCUT2D eigenvalue weighted by molar-refractivity contribution is 0.0218. The van der Waals surface area contributed by atoms with E-state index in [9.17, 15) is 14.4 Å². The van der Waals surface area contributed by atoms with Gasteiger partial charge in [0.25, 0.3) is 0 Å². The Morgan fingerprint density at radius 2 is 1.44 bits per heavy atom. The van der Waals surface area contributed by atoms with Gasteiger partial charge in [0.05, 0.1) is 29.5 Å². The highest BCUT2D eigenvalue weighted by Gasteiger charge is 2.35. The van der Waals surface area contributed by atoms with E-state index in [1.807, 2.05) is 82.4 Å². The van der Waals surface area contributed by atoms with E-state index in [0.29, 0.717) is 24.0 Å². The van der Waals surface area contributed by atoms with Gasteiger partial charge in [-0.25, -0.2) is 14.6 Å². The Kier molecular flexibility index (Phi) is 9.21. The lowest BCUT2D eigenvalue weighted by Gasteiger charge is -2.27. The number of carbonyl (C=O) groups excluding carboxylic acids is 2. The molecule has 0 radical (unpaired) electrons. The quantitative estimate of drug-likeness (QED) is 0.177. The molecule has 0 bridgehead atoms. The number of ether oxygens (including phenoxy) is 2. The average Bonchev–Trinajstić information content (AvgIpc) is 3.96. The van der Waals surface area contributed by atoms with Crippen molar-refractivity contribution in [2.75, 3.05) is 13.1 Å². The standard InChI is InChI=1S/C44H45N5O5/c1-27-39(37-12-8-20-48(37)42(51)53-26-28-10-6-5-7-11-28)46-35-24-32(18-19-34(35)40(27)50)30-14-15-31-23-33(17-16-29(31)22-30)36-25-45-41(47-36)38-13-9-21-49(38)43(52)54-44(2,3)4/h5-7,10-11,14-19,22-25,37-38H,8-9,12-13,20-21,26H2,1-4H3,(H,45,47)(H,46,50)/t37?,38-/m0/s1. The van der Waals surface area contributed by atoms with Crippen LogP contribution in [0.4, 0.5) is 9.59 Å². The lowest BCUT2D eigenvalue weighted by Crippen LogP contribution is -2.36. The van der Waals surface area contributed by atoms with Crippen molar-refractivity contribution in [1.29, 1.82) is 0 Å². The second-order valence-corrected chi connectivity index (χ2v) is 15.4. The number of amides is 2. The lowest BCUT2D eigenvalue weighted by atomic mass is 9.97. The van der Waals surface area contributed by atoms with Crippen LogP contribution >= 0.6 is 0 Å². The number of likely N-dealkylation sites (tertiary alicyclic amines) is 2. The minimum Gasteiger partial charge on any atom is -0.445 e. The molecule has 2 amide bonds. The Labute approximate surface area is 314 Å². The number of H-pyrrole nitrogens is 2. The number of nitrogens with zero attached hydrogens (tertiary/aromatic N) is 3. The number of aromatic amines is 2. The smallest absolute Gasteiger partial charge is 0.410 e. The van der Waals surface area contributed by atoms with Crippen molar-refractivity contribution in [3.8, 4) is 22.4 Å². The summed E-state index contributed by atoms with van der Waals surface area (Å²) >= 11 is 0. The van der Waals surface area contributed by atoms with E-state index in [4.69, 9.17) is 9.47 Å². The monoisotopic (exact) mass is 723 g/mol. The zero-order valence-corrected chi connectivity index (χ0v) is 31.1. The molecule has 2 aliphatic rings. The van der Waals surface area contributed by atoms with Crippen LogP contribution in [0.15, 0.2) is 95.9 Å². The Hall–Kier alpha value is -5.90. The number of fused-ring (bicyclic) bond motifs is 2. The van der Waals surface area contributed by atoms with Crippen LogP contribution in [-0.2, 0) is 16.1 Å². The summed E-state index contributed by atoms with van der Waals surface area (Å²) in [4.78, 5) is 55.0. The molecule has 4 heterocycles. The number of aromatic nitrogens is 3. The van der Waals surface area contributed by atoms with E-state index in [1.165, 1.54) is 0 Å². The van der Waals surface area contributed by atoms with Crippen LogP contribution < -0.4 is 5.43 Å². The molecule has 10 nitrogen and oxygen atoms in total. The van der Waals surface area contributed by atoms with Crippen LogP contribution in [0.25, 0.3) is 44.1 Å². The van der Waals surface area contributed by atoms with Crippen LogP contribution in [-0.4, -0.2) is 55.6 Å². The molecule has 2 N–H and O–H groups in total. The maximum absolute atomic E-state index is 13.7. The summed E-state index contributed by atoms with van der Waals surface area (Å²) in [6.45, 7) is 8.90. The minimum absolute atomic E-state index is 0.0340. The summed E-state index contributed by atoms with van der Waals surface area (Å²) in [5.74, 6) is 0.764. The maximum atomic E-state index is 13.7. The van der Waals surface area contributed by atoms with E-state index in [0.717, 1.165) is 81.4 Å². The van der Waals surface area contributed by atoms with Gasteiger partial charge in [0.15, 0.2) is 5.43 Å². The van der Waals surface area contributed by atoms with Crippen LogP contribution in [0.5, 0.6) is 0 Å². The molecule has 4 aromatic carbocycles. The van der Waals surface area contributed by atoms with Crippen molar-refractivity contribution in [2.45, 2.75) is 77.7 Å². The Morgan fingerprint density at radius 3 is 2.19 bits per heavy atom. The molecule has 2 fully saturated rings. The molecule has 1 unspecified atom stereocenters. The Bertz CT molecular complexity index is 2430. The van der Waals surface area contributed by atoms with Crippen molar-refractivity contribution in [3.05, 3.63) is 124 Å². The predicted molar refractivity (Wildman–Crippen MR) is 210 cm³/mol. The molecule has 2 atom stereocenters. The number of pyridine rings is 1. The summed E-state index contributed by atoms with van der Waals surface area (Å²) in [5, 5.41) is 2.78. The number of hydrogen-bond donors (Lipinski definition) is 2. The Balaban J connectivity index is 1.02. The van der Waals surface area contributed by atoms with Gasteiger partial charge in [-0.15, -0.1) is 0 Å². The Morgan fingerprint density at radius 1 is 0.796 bits per heavy atom. The van der Waals surface area contributed by atoms with Gasteiger partial charge < -0.3 is 19.4 Å². The van der Waals surface area contributed by atoms with Crippen molar-refractivity contribution < 1.29 is 19.1 Å². The van der Waals surface area contributed by atoms with Gasteiger partial charge in [-0.1, -0.05) is 60.7 Å². The van der Waals surface area contributed by atoms with Crippen molar-refractivity contribution >= 4 is 33.9 Å². The van der Waals surface area contributed by atoms with Gasteiger partial charge in [-0.3, -0.25) is 14.6 Å². The summed E-state index contributed by atoms with van der Waals surface area (Å²) < 4.78 is 11.3. The zero-order valence-electron chi connectivity index (χ0n) is 31.1. The third-order valence-electron chi connectivity index (χ3n) is 10.6. The molecular formula is C44H45N5O5. The van der Waals surface area contributed by atoms with Crippen molar-refractivity contribution in [1.82, 2.24) is 24.8 Å². The summed E-state index contributed by atoms with van der Waals surface area (Å²) in [7, 11) is 0. The first-order valence-electron chi connectivity index (χ1n) is 18.8. The number of rotatable bonds is 6. The molecule has 0 aliphatic carbocycles. The molecule has 2 aromatic heterocycles. The van der Waals surface area contributed by atoms with E-state index in [1.54, 1.807) is 9.80 Å². The van der Waals surface area contributed by atoms with Gasteiger partial charge in [-0.05, 0) is 105 Å². The largest absolute Gasteiger partial charge is 0.445 e. The molecular weight excluding hydrogens is 679 g/mol. The van der Waals surface area contributed by atoms with E-state index < -0.39 is 5.60 Å². The van der Waals surface area contributed by atoms with Gasteiger partial charge in [-0.2, -0.15) is 0 Å². The predicted octanol–water partition coefficient (Wildman–Crippen LogP) is 9.59. The van der Waals surface area contributed by atoms with Crippen molar-refractivity contribution in [3.63, 3.8) is 0 Å². The third-order valence-corrected chi connectivity index (χ3v) is 10.6.